The highest BCUT2D eigenvalue weighted by Gasteiger charge is 2.55. The average Bonchev–Trinajstić information content (AvgIpc) is 3.31. The molecule has 1 fully saturated rings. The molecule has 2 aromatic heterocycles. The number of nitrogens with one attached hydrogen (secondary N) is 1. The summed E-state index contributed by atoms with van der Waals surface area (Å²) in [7, 11) is 1.61. The highest BCUT2D eigenvalue weighted by Crippen LogP contribution is 2.45. The number of nitrogen functional groups attached to an aromatic ring is 1. The molecule has 0 bridgehead atoms. The summed E-state index contributed by atoms with van der Waals surface area (Å²) in [5.41, 5.74) is 7.88. The van der Waals surface area contributed by atoms with E-state index in [1.807, 2.05) is 0 Å². The van der Waals surface area contributed by atoms with E-state index in [9.17, 15) is 39.9 Å². The van der Waals surface area contributed by atoms with Gasteiger partial charge in [0, 0.05) is 42.8 Å². The van der Waals surface area contributed by atoms with E-state index in [0.717, 1.165) is 12.1 Å². The van der Waals surface area contributed by atoms with Gasteiger partial charge in [-0.05, 0) is 43.2 Å². The number of halogens is 9. The van der Waals surface area contributed by atoms with Crippen molar-refractivity contribution < 1.29 is 39.9 Å². The van der Waals surface area contributed by atoms with Crippen LogP contribution >= 0.6 is 11.6 Å². The summed E-state index contributed by atoms with van der Waals surface area (Å²) in [6, 6.07) is 7.92. The van der Waals surface area contributed by atoms with Crippen LogP contribution in [0.4, 0.5) is 40.9 Å². The van der Waals surface area contributed by atoms with Gasteiger partial charge in [0.15, 0.2) is 5.82 Å². The van der Waals surface area contributed by atoms with Crippen LogP contribution in [0.3, 0.4) is 0 Å². The maximum atomic E-state index is 14.9. The van der Waals surface area contributed by atoms with Gasteiger partial charge in [0.2, 0.25) is 5.91 Å². The van der Waals surface area contributed by atoms with Crippen molar-refractivity contribution in [3.63, 3.8) is 0 Å². The van der Waals surface area contributed by atoms with Crippen molar-refractivity contribution in [2.75, 3.05) is 12.3 Å². The van der Waals surface area contributed by atoms with Crippen molar-refractivity contribution >= 4 is 39.9 Å². The number of aromatic nitrogens is 3. The zero-order chi connectivity index (χ0) is 36.0. The number of hydrogen-bond donors (Lipinski definition) is 3. The van der Waals surface area contributed by atoms with Crippen LogP contribution in [0.1, 0.15) is 35.8 Å². The molecule has 17 heteroatoms. The Bertz CT molecular complexity index is 1990. The summed E-state index contributed by atoms with van der Waals surface area (Å²) in [5, 5.41) is 7.47. The second-order valence-electron chi connectivity index (χ2n) is 11.5. The maximum absolute atomic E-state index is 14.9. The van der Waals surface area contributed by atoms with Crippen molar-refractivity contribution in [3.8, 4) is 11.1 Å². The molecule has 1 aliphatic carbocycles. The van der Waals surface area contributed by atoms with E-state index in [4.69, 9.17) is 23.1 Å². The third-order valence-electron chi connectivity index (χ3n) is 7.95. The number of aliphatic imine (C=N–C) groups is 1. The average molecular weight is 714 g/mol. The molecule has 0 saturated heterocycles. The molecule has 5 N–H and O–H groups in total. The minimum Gasteiger partial charge on any atom is -0.397 e. The Hall–Kier alpha value is -4.73. The van der Waals surface area contributed by atoms with E-state index in [0.29, 0.717) is 33.8 Å². The zero-order valence-electron chi connectivity index (χ0n) is 25.8. The number of rotatable bonds is 8. The van der Waals surface area contributed by atoms with E-state index in [1.165, 1.54) is 4.68 Å². The van der Waals surface area contributed by atoms with Gasteiger partial charge in [-0.15, -0.1) is 0 Å². The Morgan fingerprint density at radius 1 is 1.04 bits per heavy atom. The molecule has 0 radical (unpaired) electrons. The normalized spacial score (nSPS) is 18.2. The molecule has 1 atom stereocenters. The summed E-state index contributed by atoms with van der Waals surface area (Å²) in [5.74, 6) is -11.1. The lowest BCUT2D eigenvalue weighted by Crippen LogP contribution is -2.46. The fraction of sp³-hybridized carbons (Fsp3) is 0.312. The second kappa shape index (κ2) is 13.3. The van der Waals surface area contributed by atoms with Crippen molar-refractivity contribution in [2.24, 2.45) is 17.8 Å². The molecule has 1 saturated carbocycles. The largest absolute Gasteiger partial charge is 0.397 e. The molecule has 0 spiro atoms. The predicted molar refractivity (Wildman–Crippen MR) is 168 cm³/mol. The van der Waals surface area contributed by atoms with Gasteiger partial charge in [-0.2, -0.15) is 13.9 Å². The molecule has 4 aromatic rings. The Morgan fingerprint density at radius 2 is 1.67 bits per heavy atom. The maximum Gasteiger partial charge on any atom is 0.290 e. The van der Waals surface area contributed by atoms with Gasteiger partial charge in [0.25, 0.3) is 18.3 Å². The number of anilines is 1. The van der Waals surface area contributed by atoms with Crippen LogP contribution in [-0.2, 0) is 18.3 Å². The van der Waals surface area contributed by atoms with Crippen molar-refractivity contribution in [1.82, 2.24) is 20.1 Å². The first-order valence-corrected chi connectivity index (χ1v) is 15.0. The minimum absolute atomic E-state index is 0.0581. The van der Waals surface area contributed by atoms with E-state index < -0.39 is 78.2 Å². The van der Waals surface area contributed by atoms with Crippen LogP contribution in [-0.4, -0.2) is 51.2 Å². The number of carbonyl (C=O) groups excluding carboxylic acids is 1. The first-order chi connectivity index (χ1) is 22.9. The molecule has 8 nitrogen and oxygen atoms in total. The Kier molecular flexibility index (Phi) is 9.65. The van der Waals surface area contributed by atoms with E-state index >= 15 is 0 Å². The third kappa shape index (κ3) is 7.19. The van der Waals surface area contributed by atoms with Gasteiger partial charge in [-0.3, -0.25) is 19.5 Å². The molecule has 2 aromatic carbocycles. The van der Waals surface area contributed by atoms with Crippen LogP contribution < -0.4 is 16.8 Å². The predicted octanol–water partition coefficient (Wildman–Crippen LogP) is 6.84. The van der Waals surface area contributed by atoms with Gasteiger partial charge < -0.3 is 16.8 Å². The Morgan fingerprint density at radius 3 is 2.33 bits per heavy atom. The molecule has 0 unspecified atom stereocenters. The standard InChI is InChI=1S/C32H28ClF8N7O/c1-14-3-4-18(19-5-6-20(33)23-27(19)48(2)47-30(23)43)26(45-14)21(11-15-9-16(34)12-17(35)10-15)46-22(49)13-44-28-24(25(42)29(36)37)31(38,39)7-8-32(28,40)41/h3-6,9-10,12,21,29H,7-8,11,13,42H2,1-2H3,(H2,43,47)(H,46,49)/t21-/m0/s1. The van der Waals surface area contributed by atoms with Gasteiger partial charge in [0.05, 0.1) is 38.9 Å². The zero-order valence-corrected chi connectivity index (χ0v) is 26.5. The summed E-state index contributed by atoms with van der Waals surface area (Å²) < 4.78 is 116. The van der Waals surface area contributed by atoms with E-state index in [-0.39, 0.29) is 28.5 Å². The highest BCUT2D eigenvalue weighted by atomic mass is 35.5. The van der Waals surface area contributed by atoms with E-state index in [1.54, 1.807) is 38.2 Å². The molecule has 260 valence electrons. The van der Waals surface area contributed by atoms with Crippen LogP contribution in [0.5, 0.6) is 0 Å². The lowest BCUT2D eigenvalue weighted by molar-refractivity contribution is -0.120. The summed E-state index contributed by atoms with van der Waals surface area (Å²) >= 11 is 6.41. The summed E-state index contributed by atoms with van der Waals surface area (Å²) in [6.45, 7) is 0.408. The molecular weight excluding hydrogens is 686 g/mol. The number of carbonyl (C=O) groups is 1. The number of amides is 1. The summed E-state index contributed by atoms with van der Waals surface area (Å²) in [4.78, 5) is 21.3. The fourth-order valence-electron chi connectivity index (χ4n) is 5.83. The van der Waals surface area contributed by atoms with Crippen LogP contribution in [0.2, 0.25) is 5.02 Å². The smallest absolute Gasteiger partial charge is 0.290 e. The Balaban J connectivity index is 1.61. The number of fused-ring (bicyclic) bond motifs is 1. The first-order valence-electron chi connectivity index (χ1n) is 14.6. The monoisotopic (exact) mass is 713 g/mol. The van der Waals surface area contributed by atoms with Crippen molar-refractivity contribution in [3.05, 3.63) is 87.3 Å². The van der Waals surface area contributed by atoms with Gasteiger partial charge in [0.1, 0.15) is 23.9 Å². The van der Waals surface area contributed by atoms with Crippen molar-refractivity contribution in [1.29, 1.82) is 0 Å². The molecule has 1 amide bonds. The van der Waals surface area contributed by atoms with Crippen LogP contribution in [0.15, 0.2) is 58.7 Å². The number of benzene rings is 2. The lowest BCUT2D eigenvalue weighted by atomic mass is 9.84. The molecule has 5 rings (SSSR count). The lowest BCUT2D eigenvalue weighted by Gasteiger charge is -2.33. The van der Waals surface area contributed by atoms with Gasteiger partial charge in [-0.25, -0.2) is 26.3 Å². The fourth-order valence-corrected chi connectivity index (χ4v) is 6.08. The quantitative estimate of drug-likeness (QED) is 0.173. The number of alkyl halides is 6. The van der Waals surface area contributed by atoms with Gasteiger partial charge in [-0.1, -0.05) is 23.7 Å². The number of nitrogens with two attached hydrogens (primary N) is 2. The number of aryl methyl sites for hydroxylation is 2. The first kappa shape index (κ1) is 35.6. The number of hydrogen-bond acceptors (Lipinski definition) is 6. The molecule has 1 aliphatic rings. The molecule has 49 heavy (non-hydrogen) atoms. The topological polar surface area (TPSA) is 124 Å². The highest BCUT2D eigenvalue weighted by molar-refractivity contribution is 6.37. The Labute approximate surface area is 278 Å². The SMILES string of the molecule is Cc1ccc(-c2ccc(Cl)c3c(N)nn(C)c23)c([C@H](Cc2cc(F)cc(F)c2)NC(=O)CN=C2C(=C(N)C(F)F)C(F)(F)CCC2(F)F)n1. The van der Waals surface area contributed by atoms with Crippen LogP contribution in [0.25, 0.3) is 22.0 Å². The summed E-state index contributed by atoms with van der Waals surface area (Å²) in [6.07, 6.45) is -6.91. The minimum atomic E-state index is -4.17. The molecule has 2 heterocycles. The molecule has 0 aliphatic heterocycles. The second-order valence-corrected chi connectivity index (χ2v) is 11.9. The number of pyridine rings is 1. The number of allylic oxidation sites excluding steroid dienone is 2. The van der Waals surface area contributed by atoms with Crippen molar-refractivity contribution in [2.45, 2.75) is 50.5 Å². The van der Waals surface area contributed by atoms with Gasteiger partial charge >= 0.3 is 0 Å². The third-order valence-corrected chi connectivity index (χ3v) is 8.27. The van der Waals surface area contributed by atoms with E-state index in [2.05, 4.69) is 20.4 Å². The number of nitrogens with zero attached hydrogens (tertiary/aromatic N) is 4. The molecular formula is C32H28ClF8N7O. The van der Waals surface area contributed by atoms with Crippen LogP contribution in [0, 0.1) is 18.6 Å².